The zero-order chi connectivity index (χ0) is 33.4. The quantitative estimate of drug-likeness (QED) is 0.139. The van der Waals surface area contributed by atoms with Gasteiger partial charge in [-0.2, -0.15) is 5.26 Å². The largest absolute Gasteiger partial charge is 0.208 e. The number of benzene rings is 8. The molecule has 4 heteroatoms. The van der Waals surface area contributed by atoms with Crippen LogP contribution in [-0.4, -0.2) is 15.0 Å². The second kappa shape index (κ2) is 12.2. The fraction of sp³-hybridized carbons (Fsp3) is 0. The third-order valence-corrected chi connectivity index (χ3v) is 9.37. The number of nitriles is 1. The molecule has 9 rings (SSSR count). The lowest BCUT2D eigenvalue weighted by atomic mass is 9.93. The highest BCUT2D eigenvalue weighted by Gasteiger charge is 2.19. The molecular formula is C46H28N4. The maximum Gasteiger partial charge on any atom is 0.165 e. The van der Waals surface area contributed by atoms with E-state index in [0.29, 0.717) is 23.0 Å². The van der Waals surface area contributed by atoms with Crippen molar-refractivity contribution in [2.75, 3.05) is 0 Å². The van der Waals surface area contributed by atoms with Crippen molar-refractivity contribution < 1.29 is 0 Å². The lowest BCUT2D eigenvalue weighted by Crippen LogP contribution is -2.02. The Hall–Kier alpha value is -6.96. The first-order valence-corrected chi connectivity index (χ1v) is 16.6. The lowest BCUT2D eigenvalue weighted by molar-refractivity contribution is 1.08. The Labute approximate surface area is 289 Å². The Bertz CT molecular complexity index is 2740. The number of nitrogens with zero attached hydrogens (tertiary/aromatic N) is 4. The van der Waals surface area contributed by atoms with Crippen LogP contribution in [0.4, 0.5) is 0 Å². The second-order valence-corrected chi connectivity index (χ2v) is 12.3. The molecule has 0 aliphatic carbocycles. The summed E-state index contributed by atoms with van der Waals surface area (Å²) in [5.74, 6) is 1.84. The van der Waals surface area contributed by atoms with Crippen LogP contribution >= 0.6 is 0 Å². The van der Waals surface area contributed by atoms with Crippen molar-refractivity contribution >= 4 is 32.3 Å². The third-order valence-electron chi connectivity index (χ3n) is 9.37. The van der Waals surface area contributed by atoms with Crippen molar-refractivity contribution in [3.8, 4) is 62.5 Å². The van der Waals surface area contributed by atoms with E-state index in [4.69, 9.17) is 15.0 Å². The Morgan fingerprint density at radius 3 is 1.70 bits per heavy atom. The van der Waals surface area contributed by atoms with Gasteiger partial charge >= 0.3 is 0 Å². The topological polar surface area (TPSA) is 62.5 Å². The van der Waals surface area contributed by atoms with E-state index in [0.717, 1.165) is 60.5 Å². The van der Waals surface area contributed by atoms with Gasteiger partial charge in [-0.25, -0.2) is 15.0 Å². The fourth-order valence-corrected chi connectivity index (χ4v) is 6.89. The summed E-state index contributed by atoms with van der Waals surface area (Å²) in [6.07, 6.45) is 0. The van der Waals surface area contributed by atoms with Crippen LogP contribution in [0, 0.1) is 11.3 Å². The Morgan fingerprint density at radius 1 is 0.360 bits per heavy atom. The summed E-state index contributed by atoms with van der Waals surface area (Å²) in [6.45, 7) is 0. The van der Waals surface area contributed by atoms with Gasteiger partial charge in [0.05, 0.1) is 11.6 Å². The van der Waals surface area contributed by atoms with E-state index < -0.39 is 0 Å². The van der Waals surface area contributed by atoms with E-state index >= 15 is 0 Å². The normalized spacial score (nSPS) is 11.2. The molecule has 0 aliphatic rings. The maximum atomic E-state index is 9.25. The maximum absolute atomic E-state index is 9.25. The summed E-state index contributed by atoms with van der Waals surface area (Å²) in [7, 11) is 0. The molecule has 0 aliphatic heterocycles. The smallest absolute Gasteiger partial charge is 0.165 e. The molecule has 4 nitrogen and oxygen atoms in total. The molecule has 0 atom stereocenters. The highest BCUT2D eigenvalue weighted by molar-refractivity contribution is 6.19. The van der Waals surface area contributed by atoms with Crippen molar-refractivity contribution in [1.29, 1.82) is 5.26 Å². The number of hydrogen-bond acceptors (Lipinski definition) is 4. The van der Waals surface area contributed by atoms with Gasteiger partial charge in [0.1, 0.15) is 0 Å². The van der Waals surface area contributed by atoms with Gasteiger partial charge in [-0.05, 0) is 72.8 Å². The van der Waals surface area contributed by atoms with E-state index in [2.05, 4.69) is 140 Å². The van der Waals surface area contributed by atoms with E-state index in [1.807, 2.05) is 36.4 Å². The van der Waals surface area contributed by atoms with Crippen molar-refractivity contribution in [2.45, 2.75) is 0 Å². The third kappa shape index (κ3) is 5.15. The second-order valence-electron chi connectivity index (χ2n) is 12.3. The zero-order valence-electron chi connectivity index (χ0n) is 27.0. The van der Waals surface area contributed by atoms with Crippen LogP contribution in [0.5, 0.6) is 0 Å². The van der Waals surface area contributed by atoms with E-state index in [-0.39, 0.29) is 0 Å². The molecular weight excluding hydrogens is 609 g/mol. The minimum atomic E-state index is 0.598. The summed E-state index contributed by atoms with van der Waals surface area (Å²) < 4.78 is 0. The molecule has 1 aromatic heterocycles. The van der Waals surface area contributed by atoms with Gasteiger partial charge in [0.25, 0.3) is 0 Å². The van der Waals surface area contributed by atoms with Crippen LogP contribution in [0.2, 0.25) is 0 Å². The summed E-state index contributed by atoms with van der Waals surface area (Å²) >= 11 is 0. The van der Waals surface area contributed by atoms with E-state index in [1.54, 1.807) is 0 Å². The summed E-state index contributed by atoms with van der Waals surface area (Å²) in [6, 6.07) is 60.5. The van der Waals surface area contributed by atoms with Crippen LogP contribution in [0.25, 0.3) is 88.7 Å². The Kier molecular flexibility index (Phi) is 7.15. The van der Waals surface area contributed by atoms with Gasteiger partial charge in [0.15, 0.2) is 17.5 Å². The van der Waals surface area contributed by atoms with Crippen molar-refractivity contribution in [3.05, 3.63) is 175 Å². The van der Waals surface area contributed by atoms with Crippen LogP contribution in [-0.2, 0) is 0 Å². The lowest BCUT2D eigenvalue weighted by Gasteiger charge is -2.15. The highest BCUT2D eigenvalue weighted by Crippen LogP contribution is 2.40. The zero-order valence-corrected chi connectivity index (χ0v) is 27.0. The van der Waals surface area contributed by atoms with Crippen LogP contribution < -0.4 is 0 Å². The van der Waals surface area contributed by atoms with Gasteiger partial charge in [-0.1, -0.05) is 152 Å². The Balaban J connectivity index is 1.30. The molecule has 0 radical (unpaired) electrons. The average molecular weight is 637 g/mol. The molecule has 8 aromatic carbocycles. The van der Waals surface area contributed by atoms with Crippen molar-refractivity contribution in [1.82, 2.24) is 15.0 Å². The molecule has 0 fully saturated rings. The molecule has 0 amide bonds. The SMILES string of the molecule is N#Cc1ccc(-c2ccc(-c3nc(-c4ccccc4-c4ccccc4)nc(-c4c5ccccc5cc5c4ccc4ccccc45)n3)cc2)cc1. The van der Waals surface area contributed by atoms with Crippen LogP contribution in [0.15, 0.2) is 170 Å². The Morgan fingerprint density at radius 2 is 0.940 bits per heavy atom. The first-order chi connectivity index (χ1) is 24.7. The van der Waals surface area contributed by atoms with Crippen molar-refractivity contribution in [2.24, 2.45) is 0 Å². The molecule has 0 bridgehead atoms. The number of rotatable bonds is 5. The predicted octanol–water partition coefficient (Wildman–Crippen LogP) is 11.5. The first-order valence-electron chi connectivity index (χ1n) is 16.6. The molecule has 50 heavy (non-hydrogen) atoms. The van der Waals surface area contributed by atoms with Gasteiger partial charge in [-0.3, -0.25) is 0 Å². The molecule has 9 aromatic rings. The molecule has 0 unspecified atom stereocenters. The first kappa shape index (κ1) is 29.2. The van der Waals surface area contributed by atoms with Crippen molar-refractivity contribution in [3.63, 3.8) is 0 Å². The molecule has 1 heterocycles. The standard InChI is InChI=1S/C46H28N4/c47-29-30-18-20-31(21-19-30)32-22-24-35(25-23-32)44-48-45(41-17-9-8-14-37(41)33-10-2-1-3-11-33)50-46(49-44)43-39-16-7-5-13-36(39)28-42-38-15-6-4-12-34(38)26-27-40(42)43/h1-28H. The van der Waals surface area contributed by atoms with Crippen LogP contribution in [0.1, 0.15) is 5.56 Å². The number of fused-ring (bicyclic) bond motifs is 4. The minimum Gasteiger partial charge on any atom is -0.208 e. The van der Waals surface area contributed by atoms with Gasteiger partial charge in [0.2, 0.25) is 0 Å². The summed E-state index contributed by atoms with van der Waals surface area (Å²) in [5, 5.41) is 16.1. The average Bonchev–Trinajstić information content (AvgIpc) is 3.20. The molecule has 0 saturated carbocycles. The summed E-state index contributed by atoms with van der Waals surface area (Å²) in [5.41, 5.74) is 7.70. The number of hydrogen-bond donors (Lipinski definition) is 0. The van der Waals surface area contributed by atoms with Gasteiger partial charge in [0, 0.05) is 16.7 Å². The minimum absolute atomic E-state index is 0.598. The van der Waals surface area contributed by atoms with Gasteiger partial charge < -0.3 is 0 Å². The highest BCUT2D eigenvalue weighted by atomic mass is 15.0. The summed E-state index contributed by atoms with van der Waals surface area (Å²) in [4.78, 5) is 15.7. The van der Waals surface area contributed by atoms with E-state index in [9.17, 15) is 5.26 Å². The molecule has 0 spiro atoms. The molecule has 232 valence electrons. The van der Waals surface area contributed by atoms with E-state index in [1.165, 1.54) is 10.8 Å². The monoisotopic (exact) mass is 636 g/mol. The number of aromatic nitrogens is 3. The van der Waals surface area contributed by atoms with Crippen LogP contribution in [0.3, 0.4) is 0 Å². The van der Waals surface area contributed by atoms with Gasteiger partial charge in [-0.15, -0.1) is 0 Å². The fourth-order valence-electron chi connectivity index (χ4n) is 6.89. The predicted molar refractivity (Wildman–Crippen MR) is 204 cm³/mol. The molecule has 0 saturated heterocycles. The molecule has 0 N–H and O–H groups in total.